The van der Waals surface area contributed by atoms with Gasteiger partial charge in [0, 0.05) is 18.9 Å². The molecule has 4 nitrogen and oxygen atoms in total. The van der Waals surface area contributed by atoms with Crippen LogP contribution in [0.25, 0.3) is 0 Å². The molecule has 0 aliphatic heterocycles. The Bertz CT molecular complexity index is 256. The lowest BCUT2D eigenvalue weighted by Crippen LogP contribution is -2.32. The minimum atomic E-state index is 0.591. The summed E-state index contributed by atoms with van der Waals surface area (Å²) < 4.78 is 2.10. The van der Waals surface area contributed by atoms with Crippen LogP contribution >= 0.6 is 0 Å². The summed E-state index contributed by atoms with van der Waals surface area (Å²) in [4.78, 5) is 4.01. The SMILES string of the molecule is CC(C)C(CN)CNCCCn1ccnc1. The highest BCUT2D eigenvalue weighted by Gasteiger charge is 2.09. The highest BCUT2D eigenvalue weighted by Crippen LogP contribution is 2.07. The Morgan fingerprint density at radius 2 is 2.25 bits per heavy atom. The van der Waals surface area contributed by atoms with Crippen molar-refractivity contribution in [1.82, 2.24) is 14.9 Å². The molecule has 0 radical (unpaired) electrons. The molecule has 1 aromatic heterocycles. The quantitative estimate of drug-likeness (QED) is 0.650. The molecule has 0 fully saturated rings. The van der Waals surface area contributed by atoms with Crippen molar-refractivity contribution in [3.63, 3.8) is 0 Å². The second-order valence-corrected chi connectivity index (χ2v) is 4.60. The van der Waals surface area contributed by atoms with Gasteiger partial charge >= 0.3 is 0 Å². The van der Waals surface area contributed by atoms with Crippen LogP contribution in [0, 0.1) is 11.8 Å². The summed E-state index contributed by atoms with van der Waals surface area (Å²) in [6.45, 7) is 8.32. The third-order valence-electron chi connectivity index (χ3n) is 2.98. The number of hydrogen-bond donors (Lipinski definition) is 2. The van der Waals surface area contributed by atoms with Crippen LogP contribution in [0.15, 0.2) is 18.7 Å². The van der Waals surface area contributed by atoms with Crippen molar-refractivity contribution in [2.24, 2.45) is 17.6 Å². The molecule has 1 aromatic rings. The summed E-state index contributed by atoms with van der Waals surface area (Å²) in [5.41, 5.74) is 5.71. The van der Waals surface area contributed by atoms with Crippen molar-refractivity contribution in [2.45, 2.75) is 26.8 Å². The molecule has 16 heavy (non-hydrogen) atoms. The molecule has 92 valence electrons. The van der Waals surface area contributed by atoms with Gasteiger partial charge in [0.25, 0.3) is 0 Å². The molecule has 0 saturated heterocycles. The van der Waals surface area contributed by atoms with E-state index in [0.717, 1.165) is 32.6 Å². The van der Waals surface area contributed by atoms with Gasteiger partial charge in [0.15, 0.2) is 0 Å². The molecule has 0 amide bonds. The average Bonchev–Trinajstić information content (AvgIpc) is 2.75. The second kappa shape index (κ2) is 7.41. The zero-order chi connectivity index (χ0) is 11.8. The molecule has 0 aliphatic rings. The lowest BCUT2D eigenvalue weighted by atomic mass is 9.96. The summed E-state index contributed by atoms with van der Waals surface area (Å²) in [6.07, 6.45) is 6.80. The molecule has 1 heterocycles. The fourth-order valence-corrected chi connectivity index (χ4v) is 1.68. The van der Waals surface area contributed by atoms with Crippen LogP contribution < -0.4 is 11.1 Å². The molecule has 3 N–H and O–H groups in total. The predicted octanol–water partition coefficient (Wildman–Crippen LogP) is 1.09. The smallest absolute Gasteiger partial charge is 0.0945 e. The minimum Gasteiger partial charge on any atom is -0.337 e. The van der Waals surface area contributed by atoms with E-state index in [-0.39, 0.29) is 0 Å². The van der Waals surface area contributed by atoms with E-state index >= 15 is 0 Å². The maximum Gasteiger partial charge on any atom is 0.0945 e. The van der Waals surface area contributed by atoms with Gasteiger partial charge in [-0.1, -0.05) is 13.8 Å². The Hall–Kier alpha value is -0.870. The van der Waals surface area contributed by atoms with E-state index in [1.54, 1.807) is 0 Å². The number of nitrogens with zero attached hydrogens (tertiary/aromatic N) is 2. The Morgan fingerprint density at radius 1 is 1.44 bits per heavy atom. The zero-order valence-electron chi connectivity index (χ0n) is 10.4. The molecule has 4 heteroatoms. The Labute approximate surface area is 98.2 Å². The highest BCUT2D eigenvalue weighted by atomic mass is 15.0. The van der Waals surface area contributed by atoms with Gasteiger partial charge in [-0.3, -0.25) is 0 Å². The van der Waals surface area contributed by atoms with Crippen molar-refractivity contribution in [1.29, 1.82) is 0 Å². The number of imidazole rings is 1. The van der Waals surface area contributed by atoms with Crippen molar-refractivity contribution >= 4 is 0 Å². The van der Waals surface area contributed by atoms with Crippen molar-refractivity contribution in [3.8, 4) is 0 Å². The third kappa shape index (κ3) is 4.77. The molecule has 0 aliphatic carbocycles. The Balaban J connectivity index is 2.03. The lowest BCUT2D eigenvalue weighted by Gasteiger charge is -2.19. The van der Waals surface area contributed by atoms with E-state index in [0.29, 0.717) is 11.8 Å². The van der Waals surface area contributed by atoms with Crippen molar-refractivity contribution in [2.75, 3.05) is 19.6 Å². The standard InChI is InChI=1S/C12H24N4/c1-11(2)12(8-13)9-14-4-3-6-16-7-5-15-10-16/h5,7,10-12,14H,3-4,6,8-9,13H2,1-2H3. The van der Waals surface area contributed by atoms with Crippen LogP contribution in [0.3, 0.4) is 0 Å². The summed E-state index contributed by atoms with van der Waals surface area (Å²) in [5, 5.41) is 3.47. The number of nitrogens with two attached hydrogens (primary N) is 1. The monoisotopic (exact) mass is 224 g/mol. The van der Waals surface area contributed by atoms with Crippen LogP contribution in [-0.2, 0) is 6.54 Å². The Morgan fingerprint density at radius 3 is 2.81 bits per heavy atom. The first-order valence-electron chi connectivity index (χ1n) is 6.10. The summed E-state index contributed by atoms with van der Waals surface area (Å²) in [6, 6.07) is 0. The molecule has 0 saturated carbocycles. The van der Waals surface area contributed by atoms with Crippen molar-refractivity contribution in [3.05, 3.63) is 18.7 Å². The van der Waals surface area contributed by atoms with E-state index in [1.165, 1.54) is 0 Å². The van der Waals surface area contributed by atoms with Crippen LogP contribution in [-0.4, -0.2) is 29.2 Å². The van der Waals surface area contributed by atoms with Gasteiger partial charge in [0.2, 0.25) is 0 Å². The maximum absolute atomic E-state index is 5.71. The fraction of sp³-hybridized carbons (Fsp3) is 0.750. The molecule has 1 atom stereocenters. The predicted molar refractivity (Wildman–Crippen MR) is 67.1 cm³/mol. The van der Waals surface area contributed by atoms with Gasteiger partial charge < -0.3 is 15.6 Å². The zero-order valence-corrected chi connectivity index (χ0v) is 10.4. The molecule has 1 rings (SSSR count). The number of rotatable bonds is 8. The third-order valence-corrected chi connectivity index (χ3v) is 2.98. The molecule has 0 bridgehead atoms. The van der Waals surface area contributed by atoms with E-state index in [2.05, 4.69) is 28.7 Å². The summed E-state index contributed by atoms with van der Waals surface area (Å²) >= 11 is 0. The van der Waals surface area contributed by atoms with Crippen LogP contribution in [0.2, 0.25) is 0 Å². The Kier molecular flexibility index (Phi) is 6.11. The van der Waals surface area contributed by atoms with Gasteiger partial charge in [0.1, 0.15) is 0 Å². The van der Waals surface area contributed by atoms with Gasteiger partial charge in [0.05, 0.1) is 6.33 Å². The first-order valence-corrected chi connectivity index (χ1v) is 6.10. The molecule has 0 aromatic carbocycles. The van der Waals surface area contributed by atoms with Gasteiger partial charge in [-0.05, 0) is 37.9 Å². The van der Waals surface area contributed by atoms with Gasteiger partial charge in [-0.25, -0.2) is 4.98 Å². The minimum absolute atomic E-state index is 0.591. The van der Waals surface area contributed by atoms with E-state index in [1.807, 2.05) is 18.7 Å². The fourth-order valence-electron chi connectivity index (χ4n) is 1.68. The molecule has 0 spiro atoms. The van der Waals surface area contributed by atoms with Crippen LogP contribution in [0.1, 0.15) is 20.3 Å². The van der Waals surface area contributed by atoms with E-state index in [4.69, 9.17) is 5.73 Å². The summed E-state index contributed by atoms with van der Waals surface area (Å²) in [5.74, 6) is 1.25. The number of nitrogens with one attached hydrogen (secondary N) is 1. The molecule has 1 unspecified atom stereocenters. The second-order valence-electron chi connectivity index (χ2n) is 4.60. The molecular weight excluding hydrogens is 200 g/mol. The maximum atomic E-state index is 5.71. The largest absolute Gasteiger partial charge is 0.337 e. The first-order chi connectivity index (χ1) is 7.74. The van der Waals surface area contributed by atoms with Gasteiger partial charge in [-0.15, -0.1) is 0 Å². The number of hydrogen-bond acceptors (Lipinski definition) is 3. The topological polar surface area (TPSA) is 55.9 Å². The summed E-state index contributed by atoms with van der Waals surface area (Å²) in [7, 11) is 0. The van der Waals surface area contributed by atoms with E-state index < -0.39 is 0 Å². The van der Waals surface area contributed by atoms with Crippen LogP contribution in [0.5, 0.6) is 0 Å². The van der Waals surface area contributed by atoms with E-state index in [9.17, 15) is 0 Å². The van der Waals surface area contributed by atoms with Gasteiger partial charge in [-0.2, -0.15) is 0 Å². The number of aryl methyl sites for hydroxylation is 1. The lowest BCUT2D eigenvalue weighted by molar-refractivity contribution is 0.369. The van der Waals surface area contributed by atoms with Crippen molar-refractivity contribution < 1.29 is 0 Å². The van der Waals surface area contributed by atoms with Crippen LogP contribution in [0.4, 0.5) is 0 Å². The molecular formula is C12H24N4. The first kappa shape index (κ1) is 13.2. The average molecular weight is 224 g/mol. The highest BCUT2D eigenvalue weighted by molar-refractivity contribution is 4.74. The number of aromatic nitrogens is 2. The normalized spacial score (nSPS) is 13.2.